The zero-order chi connectivity index (χ0) is 24.8. The first-order valence-corrected chi connectivity index (χ1v) is 11.8. The molecule has 13 heteroatoms. The highest BCUT2D eigenvalue weighted by atomic mass is 32.2. The number of sulfonamides is 1. The average Bonchev–Trinajstić information content (AvgIpc) is 3.55. The molecule has 35 heavy (non-hydrogen) atoms. The van der Waals surface area contributed by atoms with Crippen LogP contribution >= 0.6 is 0 Å². The first-order chi connectivity index (χ1) is 16.6. The van der Waals surface area contributed by atoms with Crippen molar-refractivity contribution in [3.8, 4) is 0 Å². The van der Waals surface area contributed by atoms with E-state index in [0.717, 1.165) is 0 Å². The second-order valence-corrected chi connectivity index (χ2v) is 9.75. The van der Waals surface area contributed by atoms with Gasteiger partial charge in [0.2, 0.25) is 5.95 Å². The van der Waals surface area contributed by atoms with Crippen molar-refractivity contribution in [2.24, 2.45) is 0 Å². The van der Waals surface area contributed by atoms with Crippen LogP contribution in [0.4, 0.5) is 24.8 Å². The number of alkyl halides is 3. The third-order valence-corrected chi connectivity index (χ3v) is 7.15. The van der Waals surface area contributed by atoms with E-state index in [0.29, 0.717) is 11.0 Å². The molecule has 0 bridgehead atoms. The maximum atomic E-state index is 13.3. The van der Waals surface area contributed by atoms with Crippen molar-refractivity contribution < 1.29 is 26.4 Å². The maximum absolute atomic E-state index is 13.3. The van der Waals surface area contributed by atoms with Gasteiger partial charge in [-0.1, -0.05) is 12.1 Å². The lowest BCUT2D eigenvalue weighted by atomic mass is 9.95. The standard InChI is InChI=1S/C22H17F3N6O3S/c23-22(24,25)21(7-8-21)13-1-3-14(4-2-13)31-35(33,34)15-5-6-16-17(11-15)29-20(28-16)30-19(32)18-12-26-9-10-27-18/h1-6,9-12,31H,7-8H2,(H2,28,29,30,32). The van der Waals surface area contributed by atoms with Crippen molar-refractivity contribution in [3.05, 3.63) is 72.3 Å². The Morgan fingerprint density at radius 1 is 1.06 bits per heavy atom. The first-order valence-electron chi connectivity index (χ1n) is 10.3. The molecular formula is C22H17F3N6O3S. The Morgan fingerprint density at radius 2 is 1.80 bits per heavy atom. The van der Waals surface area contributed by atoms with Crippen LogP contribution in [-0.2, 0) is 15.4 Å². The lowest BCUT2D eigenvalue weighted by Gasteiger charge is -2.20. The van der Waals surface area contributed by atoms with E-state index in [1.807, 2.05) is 0 Å². The van der Waals surface area contributed by atoms with Crippen molar-refractivity contribution in [2.45, 2.75) is 29.3 Å². The molecule has 3 N–H and O–H groups in total. The van der Waals surface area contributed by atoms with Gasteiger partial charge < -0.3 is 4.98 Å². The molecule has 0 unspecified atom stereocenters. The molecule has 0 radical (unpaired) electrons. The van der Waals surface area contributed by atoms with Crippen LogP contribution in [0.2, 0.25) is 0 Å². The molecule has 0 aliphatic heterocycles. The topological polar surface area (TPSA) is 130 Å². The van der Waals surface area contributed by atoms with E-state index in [-0.39, 0.29) is 40.6 Å². The SMILES string of the molecule is O=C(Nc1nc2ccc(S(=O)(=O)Nc3ccc(C4(C(F)(F)F)CC4)cc3)cc2[nH]1)c1cnccn1. The fourth-order valence-corrected chi connectivity index (χ4v) is 4.82. The lowest BCUT2D eigenvalue weighted by Crippen LogP contribution is -2.28. The van der Waals surface area contributed by atoms with Crippen LogP contribution in [-0.4, -0.2) is 40.4 Å². The van der Waals surface area contributed by atoms with E-state index in [1.165, 1.54) is 61.1 Å². The van der Waals surface area contributed by atoms with Gasteiger partial charge in [0.1, 0.15) is 5.69 Å². The number of hydrogen-bond acceptors (Lipinski definition) is 6. The molecular weight excluding hydrogens is 485 g/mol. The molecule has 1 amide bonds. The van der Waals surface area contributed by atoms with Crippen molar-refractivity contribution in [2.75, 3.05) is 10.0 Å². The summed E-state index contributed by atoms with van der Waals surface area (Å²) in [5, 5.41) is 2.53. The number of nitrogens with one attached hydrogen (secondary N) is 3. The fourth-order valence-electron chi connectivity index (χ4n) is 3.74. The summed E-state index contributed by atoms with van der Waals surface area (Å²) in [4.78, 5) is 26.9. The molecule has 9 nitrogen and oxygen atoms in total. The van der Waals surface area contributed by atoms with E-state index in [1.54, 1.807) is 0 Å². The van der Waals surface area contributed by atoms with Gasteiger partial charge in [0, 0.05) is 18.1 Å². The minimum Gasteiger partial charge on any atom is -0.324 e. The smallest absolute Gasteiger partial charge is 0.324 e. The Labute approximate surface area is 196 Å². The highest BCUT2D eigenvalue weighted by Crippen LogP contribution is 2.58. The molecule has 2 aromatic heterocycles. The molecule has 5 rings (SSSR count). The molecule has 2 aromatic carbocycles. The number of carbonyl (C=O) groups is 1. The van der Waals surface area contributed by atoms with Crippen LogP contribution < -0.4 is 10.0 Å². The number of nitrogens with zero attached hydrogens (tertiary/aromatic N) is 3. The summed E-state index contributed by atoms with van der Waals surface area (Å²) < 4.78 is 68.0. The fraction of sp³-hybridized carbons (Fsp3) is 0.182. The van der Waals surface area contributed by atoms with Gasteiger partial charge in [0.05, 0.1) is 27.5 Å². The number of anilines is 2. The number of benzene rings is 2. The van der Waals surface area contributed by atoms with Crippen molar-refractivity contribution in [3.63, 3.8) is 0 Å². The van der Waals surface area contributed by atoms with Crippen LogP contribution in [0.15, 0.2) is 66.0 Å². The summed E-state index contributed by atoms with van der Waals surface area (Å²) in [5.74, 6) is -0.457. The van der Waals surface area contributed by atoms with Gasteiger partial charge >= 0.3 is 6.18 Å². The molecule has 1 saturated carbocycles. The van der Waals surface area contributed by atoms with Gasteiger partial charge in [-0.15, -0.1) is 0 Å². The minimum atomic E-state index is -4.35. The van der Waals surface area contributed by atoms with E-state index < -0.39 is 27.5 Å². The number of hydrogen-bond donors (Lipinski definition) is 3. The number of carbonyl (C=O) groups excluding carboxylic acids is 1. The van der Waals surface area contributed by atoms with E-state index in [2.05, 4.69) is 30.0 Å². The van der Waals surface area contributed by atoms with E-state index in [9.17, 15) is 26.4 Å². The summed E-state index contributed by atoms with van der Waals surface area (Å²) >= 11 is 0. The summed E-state index contributed by atoms with van der Waals surface area (Å²) in [6.07, 6.45) is -0.227. The number of imidazole rings is 1. The molecule has 1 aliphatic rings. The number of halogens is 3. The van der Waals surface area contributed by atoms with Crippen LogP contribution in [0.1, 0.15) is 28.9 Å². The second kappa shape index (κ2) is 8.05. The predicted molar refractivity (Wildman–Crippen MR) is 120 cm³/mol. The number of amides is 1. The monoisotopic (exact) mass is 502 g/mol. The lowest BCUT2D eigenvalue weighted by molar-refractivity contribution is -0.160. The van der Waals surface area contributed by atoms with Gasteiger partial charge in [-0.25, -0.2) is 18.4 Å². The quantitative estimate of drug-likeness (QED) is 0.366. The summed E-state index contributed by atoms with van der Waals surface area (Å²) in [6, 6.07) is 9.34. The van der Waals surface area contributed by atoms with Gasteiger partial charge in [-0.3, -0.25) is 19.8 Å². The maximum Gasteiger partial charge on any atom is 0.398 e. The average molecular weight is 502 g/mol. The van der Waals surface area contributed by atoms with E-state index >= 15 is 0 Å². The summed E-state index contributed by atoms with van der Waals surface area (Å²) in [5.41, 5.74) is -0.760. The Balaban J connectivity index is 1.33. The molecule has 2 heterocycles. The zero-order valence-corrected chi connectivity index (χ0v) is 18.6. The molecule has 0 spiro atoms. The highest BCUT2D eigenvalue weighted by molar-refractivity contribution is 7.92. The molecule has 0 saturated heterocycles. The minimum absolute atomic E-state index is 0.0208. The molecule has 180 valence electrons. The number of aromatic amines is 1. The molecule has 1 fully saturated rings. The second-order valence-electron chi connectivity index (χ2n) is 8.07. The van der Waals surface area contributed by atoms with Crippen LogP contribution in [0, 0.1) is 0 Å². The van der Waals surface area contributed by atoms with Crippen LogP contribution in [0.3, 0.4) is 0 Å². The van der Waals surface area contributed by atoms with Gasteiger partial charge in [0.25, 0.3) is 15.9 Å². The van der Waals surface area contributed by atoms with Crippen LogP contribution in [0.5, 0.6) is 0 Å². The Kier molecular flexibility index (Phi) is 5.24. The molecule has 0 atom stereocenters. The van der Waals surface area contributed by atoms with Gasteiger partial charge in [-0.05, 0) is 48.7 Å². The van der Waals surface area contributed by atoms with Gasteiger partial charge in [0.15, 0.2) is 0 Å². The number of fused-ring (bicyclic) bond motifs is 1. The summed E-state index contributed by atoms with van der Waals surface area (Å²) in [7, 11) is -4.05. The van der Waals surface area contributed by atoms with Crippen LogP contribution in [0.25, 0.3) is 11.0 Å². The Bertz CT molecular complexity index is 1520. The molecule has 1 aliphatic carbocycles. The zero-order valence-electron chi connectivity index (χ0n) is 17.8. The third kappa shape index (κ3) is 4.30. The van der Waals surface area contributed by atoms with E-state index in [4.69, 9.17) is 0 Å². The Hall–Kier alpha value is -4.00. The highest BCUT2D eigenvalue weighted by Gasteiger charge is 2.64. The Morgan fingerprint density at radius 3 is 2.43 bits per heavy atom. The predicted octanol–water partition coefficient (Wildman–Crippen LogP) is 4.00. The third-order valence-electron chi connectivity index (χ3n) is 5.77. The van der Waals surface area contributed by atoms with Crippen molar-refractivity contribution in [1.29, 1.82) is 0 Å². The van der Waals surface area contributed by atoms with Gasteiger partial charge in [-0.2, -0.15) is 13.2 Å². The largest absolute Gasteiger partial charge is 0.398 e. The van der Waals surface area contributed by atoms with Crippen molar-refractivity contribution in [1.82, 2.24) is 19.9 Å². The first kappa shape index (κ1) is 22.8. The normalized spacial score (nSPS) is 15.1. The number of H-pyrrole nitrogens is 1. The van der Waals surface area contributed by atoms with Crippen molar-refractivity contribution >= 4 is 38.6 Å². The summed E-state index contributed by atoms with van der Waals surface area (Å²) in [6.45, 7) is 0. The number of aromatic nitrogens is 4. The number of rotatable bonds is 6. The molecule has 4 aromatic rings.